The molecular weight excluding hydrogens is 350 g/mol. The molecule has 0 unspecified atom stereocenters. The molecule has 1 aromatic heterocycles. The van der Waals surface area contributed by atoms with E-state index >= 15 is 0 Å². The second-order valence-corrected chi connectivity index (χ2v) is 6.81. The van der Waals surface area contributed by atoms with E-state index in [0.717, 1.165) is 52.3 Å². The molecule has 5 heteroatoms. The first-order chi connectivity index (χ1) is 13.7. The molecule has 5 nitrogen and oxygen atoms in total. The van der Waals surface area contributed by atoms with E-state index in [1.165, 1.54) is 0 Å². The first-order valence-electron chi connectivity index (χ1n) is 9.58. The molecule has 2 aromatic carbocycles. The number of methoxy groups -OCH3 is 1. The molecule has 0 radical (unpaired) electrons. The summed E-state index contributed by atoms with van der Waals surface area (Å²) in [5.74, 6) is 0.856. The van der Waals surface area contributed by atoms with Crippen molar-refractivity contribution >= 4 is 22.3 Å². The number of nitrogens with zero attached hydrogens (tertiary/aromatic N) is 3. The zero-order valence-corrected chi connectivity index (χ0v) is 16.4. The van der Waals surface area contributed by atoms with Crippen LogP contribution in [-0.2, 0) is 6.42 Å². The van der Waals surface area contributed by atoms with Gasteiger partial charge in [-0.05, 0) is 31.5 Å². The zero-order chi connectivity index (χ0) is 19.7. The number of benzene rings is 2. The van der Waals surface area contributed by atoms with E-state index in [4.69, 9.17) is 4.74 Å². The van der Waals surface area contributed by atoms with E-state index in [1.807, 2.05) is 42.5 Å². The van der Waals surface area contributed by atoms with Gasteiger partial charge in [-0.2, -0.15) is 5.10 Å². The van der Waals surface area contributed by atoms with Crippen LogP contribution in [0.25, 0.3) is 16.5 Å². The third-order valence-corrected chi connectivity index (χ3v) is 5.29. The van der Waals surface area contributed by atoms with E-state index in [0.29, 0.717) is 12.0 Å². The van der Waals surface area contributed by atoms with E-state index in [-0.39, 0.29) is 5.78 Å². The van der Waals surface area contributed by atoms with Gasteiger partial charge in [0.25, 0.3) is 0 Å². The van der Waals surface area contributed by atoms with Gasteiger partial charge in [0.05, 0.1) is 18.5 Å². The van der Waals surface area contributed by atoms with Crippen molar-refractivity contribution in [2.45, 2.75) is 20.3 Å². The Hall–Kier alpha value is -3.21. The van der Waals surface area contributed by atoms with Gasteiger partial charge in [-0.3, -0.25) is 4.79 Å². The van der Waals surface area contributed by atoms with Crippen LogP contribution in [0.2, 0.25) is 0 Å². The zero-order valence-electron chi connectivity index (χ0n) is 16.4. The van der Waals surface area contributed by atoms with Crippen molar-refractivity contribution in [1.29, 1.82) is 0 Å². The predicted octanol–water partition coefficient (Wildman–Crippen LogP) is 4.11. The standard InChI is InChI=1S/C23H23N3O2/c1-4-26(5-2)20-14-21(27)18-8-6-7-17-19(24-25-23(20)22(17)18)13-15-9-11-16(28-3)12-10-15/h6-12,14H,4-5,13H2,1-3H3. The first kappa shape index (κ1) is 18.2. The van der Waals surface area contributed by atoms with Gasteiger partial charge >= 0.3 is 0 Å². The minimum absolute atomic E-state index is 0.0309. The highest BCUT2D eigenvalue weighted by Gasteiger charge is 2.26. The van der Waals surface area contributed by atoms with Crippen molar-refractivity contribution in [3.63, 3.8) is 0 Å². The van der Waals surface area contributed by atoms with Crippen LogP contribution in [0.15, 0.2) is 48.5 Å². The molecule has 1 aliphatic carbocycles. The highest BCUT2D eigenvalue weighted by atomic mass is 16.5. The molecular formula is C23H23N3O2. The van der Waals surface area contributed by atoms with Gasteiger partial charge in [-0.25, -0.2) is 0 Å². The van der Waals surface area contributed by atoms with Crippen LogP contribution in [-0.4, -0.2) is 41.1 Å². The summed E-state index contributed by atoms with van der Waals surface area (Å²) in [6.07, 6.45) is 2.34. The number of ether oxygens (including phenoxy) is 1. The fourth-order valence-corrected chi connectivity index (χ4v) is 3.79. The van der Waals surface area contributed by atoms with Crippen LogP contribution in [0, 0.1) is 0 Å². The van der Waals surface area contributed by atoms with Crippen molar-refractivity contribution < 1.29 is 9.53 Å². The van der Waals surface area contributed by atoms with Crippen molar-refractivity contribution in [2.24, 2.45) is 0 Å². The number of ketones is 1. The summed E-state index contributed by atoms with van der Waals surface area (Å²) < 4.78 is 5.23. The van der Waals surface area contributed by atoms with Crippen molar-refractivity contribution in [3.8, 4) is 5.75 Å². The minimum atomic E-state index is 0.0309. The number of allylic oxidation sites excluding steroid dienone is 1. The summed E-state index contributed by atoms with van der Waals surface area (Å²) in [6, 6.07) is 13.8. The molecule has 0 bridgehead atoms. The SMILES string of the molecule is CCN(CC)C1=CC(=O)c2cccc3c(Cc4ccc(OC)cc4)nnc1c23. The van der Waals surface area contributed by atoms with E-state index in [2.05, 4.69) is 28.9 Å². The number of hydrogen-bond acceptors (Lipinski definition) is 5. The maximum Gasteiger partial charge on any atom is 0.188 e. The van der Waals surface area contributed by atoms with Crippen molar-refractivity contribution in [2.75, 3.05) is 20.2 Å². The van der Waals surface area contributed by atoms with Crippen LogP contribution in [0.4, 0.5) is 0 Å². The monoisotopic (exact) mass is 373 g/mol. The smallest absolute Gasteiger partial charge is 0.188 e. The third kappa shape index (κ3) is 3.03. The largest absolute Gasteiger partial charge is 0.497 e. The number of aromatic nitrogens is 2. The average molecular weight is 373 g/mol. The Morgan fingerprint density at radius 3 is 2.43 bits per heavy atom. The second-order valence-electron chi connectivity index (χ2n) is 6.81. The molecule has 0 amide bonds. The molecule has 0 aliphatic heterocycles. The van der Waals surface area contributed by atoms with E-state index in [1.54, 1.807) is 13.2 Å². The quantitative estimate of drug-likeness (QED) is 0.651. The van der Waals surface area contributed by atoms with Crippen molar-refractivity contribution in [1.82, 2.24) is 15.1 Å². The Bertz CT molecular complexity index is 1070. The van der Waals surface area contributed by atoms with Crippen molar-refractivity contribution in [3.05, 3.63) is 71.1 Å². The summed E-state index contributed by atoms with van der Waals surface area (Å²) in [5, 5.41) is 11.0. The van der Waals surface area contributed by atoms with Gasteiger partial charge in [-0.15, -0.1) is 5.10 Å². The lowest BCUT2D eigenvalue weighted by Gasteiger charge is -2.27. The Balaban J connectivity index is 1.83. The van der Waals surface area contributed by atoms with Crippen LogP contribution >= 0.6 is 0 Å². The Kier molecular flexibility index (Phi) is 4.82. The molecule has 0 saturated carbocycles. The maximum absolute atomic E-state index is 12.8. The van der Waals surface area contributed by atoms with Gasteiger partial charge in [0, 0.05) is 41.9 Å². The maximum atomic E-state index is 12.8. The lowest BCUT2D eigenvalue weighted by molar-refractivity contribution is 0.104. The van der Waals surface area contributed by atoms with Gasteiger partial charge in [0.1, 0.15) is 11.4 Å². The van der Waals surface area contributed by atoms with Gasteiger partial charge in [0.15, 0.2) is 5.78 Å². The summed E-state index contributed by atoms with van der Waals surface area (Å²) in [6.45, 7) is 5.79. The minimum Gasteiger partial charge on any atom is -0.497 e. The molecule has 28 heavy (non-hydrogen) atoms. The summed E-state index contributed by atoms with van der Waals surface area (Å²) >= 11 is 0. The fraction of sp³-hybridized carbons (Fsp3) is 0.261. The first-order valence-corrected chi connectivity index (χ1v) is 9.58. The predicted molar refractivity (Wildman–Crippen MR) is 111 cm³/mol. The molecule has 1 aliphatic rings. The van der Waals surface area contributed by atoms with E-state index < -0.39 is 0 Å². The molecule has 142 valence electrons. The Morgan fingerprint density at radius 1 is 1.00 bits per heavy atom. The van der Waals surface area contributed by atoms with E-state index in [9.17, 15) is 4.79 Å². The summed E-state index contributed by atoms with van der Waals surface area (Å²) in [5.41, 5.74) is 4.36. The Labute approximate surface area is 164 Å². The number of carbonyl (C=O) groups is 1. The fourth-order valence-electron chi connectivity index (χ4n) is 3.79. The van der Waals surface area contributed by atoms with Crippen LogP contribution in [0.5, 0.6) is 5.75 Å². The lowest BCUT2D eigenvalue weighted by atomic mass is 9.92. The summed E-state index contributed by atoms with van der Waals surface area (Å²) in [4.78, 5) is 14.9. The van der Waals surface area contributed by atoms with Gasteiger partial charge in [-0.1, -0.05) is 30.3 Å². The van der Waals surface area contributed by atoms with Crippen LogP contribution in [0.1, 0.15) is 41.2 Å². The Morgan fingerprint density at radius 2 is 1.75 bits per heavy atom. The van der Waals surface area contributed by atoms with Crippen LogP contribution < -0.4 is 4.74 Å². The average Bonchev–Trinajstić information content (AvgIpc) is 2.74. The highest BCUT2D eigenvalue weighted by molar-refractivity contribution is 6.21. The van der Waals surface area contributed by atoms with Gasteiger partial charge in [0.2, 0.25) is 0 Å². The number of rotatable bonds is 6. The summed E-state index contributed by atoms with van der Waals surface area (Å²) in [7, 11) is 1.66. The molecule has 4 rings (SSSR count). The molecule has 3 aromatic rings. The molecule has 0 saturated heterocycles. The normalized spacial score (nSPS) is 12.8. The molecule has 0 fully saturated rings. The molecule has 0 N–H and O–H groups in total. The topological polar surface area (TPSA) is 55.3 Å². The lowest BCUT2D eigenvalue weighted by Crippen LogP contribution is -2.25. The van der Waals surface area contributed by atoms with Gasteiger partial charge < -0.3 is 9.64 Å². The second kappa shape index (κ2) is 7.43. The number of carbonyl (C=O) groups excluding carboxylic acids is 1. The third-order valence-electron chi connectivity index (χ3n) is 5.29. The number of hydrogen-bond donors (Lipinski definition) is 0. The van der Waals surface area contributed by atoms with Crippen LogP contribution in [0.3, 0.4) is 0 Å². The molecule has 1 heterocycles. The molecule has 0 atom stereocenters. The highest BCUT2D eigenvalue weighted by Crippen LogP contribution is 2.34. The molecule has 0 spiro atoms.